The molecule has 0 saturated heterocycles. The van der Waals surface area contributed by atoms with Crippen molar-refractivity contribution in [2.75, 3.05) is 18.0 Å². The second kappa shape index (κ2) is 12.6. The van der Waals surface area contributed by atoms with Crippen molar-refractivity contribution in [3.8, 4) is 5.75 Å². The molecule has 1 atom stereocenters. The molecule has 0 fully saturated rings. The Kier molecular flexibility index (Phi) is 9.63. The maximum Gasteiger partial charge on any atom is 0.264 e. The molecule has 0 saturated carbocycles. The van der Waals surface area contributed by atoms with E-state index in [0.717, 1.165) is 21.0 Å². The largest absolute Gasteiger partial charge is 0.497 e. The summed E-state index contributed by atoms with van der Waals surface area (Å²) in [5.41, 5.74) is 2.64. The number of aryl methyl sites for hydroxylation is 2. The van der Waals surface area contributed by atoms with Gasteiger partial charge in [0.05, 0.1) is 17.7 Å². The summed E-state index contributed by atoms with van der Waals surface area (Å²) >= 11 is 0. The van der Waals surface area contributed by atoms with Crippen molar-refractivity contribution in [1.29, 1.82) is 0 Å². The monoisotopic (exact) mass is 565 g/mol. The summed E-state index contributed by atoms with van der Waals surface area (Å²) in [6.45, 7) is 10.8. The van der Waals surface area contributed by atoms with E-state index < -0.39 is 34.1 Å². The molecule has 0 radical (unpaired) electrons. The zero-order valence-electron chi connectivity index (χ0n) is 24.3. The minimum Gasteiger partial charge on any atom is -0.497 e. The first-order valence-corrected chi connectivity index (χ1v) is 14.6. The molecule has 0 heterocycles. The summed E-state index contributed by atoms with van der Waals surface area (Å²) in [5, 5.41) is 2.93. The first kappa shape index (κ1) is 30.7. The number of methoxy groups -OCH3 is 1. The highest BCUT2D eigenvalue weighted by atomic mass is 32.2. The zero-order valence-corrected chi connectivity index (χ0v) is 25.1. The molecule has 2 amide bonds. The van der Waals surface area contributed by atoms with Gasteiger partial charge in [-0.05, 0) is 83.5 Å². The number of hydrogen-bond acceptors (Lipinski definition) is 5. The van der Waals surface area contributed by atoms with Gasteiger partial charge in [-0.15, -0.1) is 0 Å². The number of rotatable bonds is 10. The fraction of sp³-hybridized carbons (Fsp3) is 0.355. The predicted octanol–water partition coefficient (Wildman–Crippen LogP) is 4.84. The zero-order chi connectivity index (χ0) is 29.7. The van der Waals surface area contributed by atoms with E-state index in [2.05, 4.69) is 5.32 Å². The van der Waals surface area contributed by atoms with E-state index in [1.807, 2.05) is 58.9 Å². The topological polar surface area (TPSA) is 96.0 Å². The lowest BCUT2D eigenvalue weighted by molar-refractivity contribution is -0.140. The van der Waals surface area contributed by atoms with Gasteiger partial charge in [0, 0.05) is 12.1 Å². The van der Waals surface area contributed by atoms with Crippen LogP contribution in [0.4, 0.5) is 5.69 Å². The first-order valence-electron chi connectivity index (χ1n) is 13.1. The third kappa shape index (κ3) is 7.85. The molecule has 3 aromatic carbocycles. The summed E-state index contributed by atoms with van der Waals surface area (Å²) < 4.78 is 34.1. The molecule has 8 nitrogen and oxygen atoms in total. The Labute approximate surface area is 238 Å². The number of carbonyl (C=O) groups is 2. The summed E-state index contributed by atoms with van der Waals surface area (Å²) in [7, 11) is -2.64. The molecule has 0 spiro atoms. The number of carbonyl (C=O) groups excluding carboxylic acids is 2. The van der Waals surface area contributed by atoms with Gasteiger partial charge in [-0.1, -0.05) is 47.5 Å². The maximum absolute atomic E-state index is 14.0. The van der Waals surface area contributed by atoms with Crippen LogP contribution < -0.4 is 14.4 Å². The molecule has 3 aromatic rings. The van der Waals surface area contributed by atoms with Crippen LogP contribution in [0.3, 0.4) is 0 Å². The number of amides is 2. The Balaban J connectivity index is 2.03. The fourth-order valence-corrected chi connectivity index (χ4v) is 5.59. The van der Waals surface area contributed by atoms with E-state index in [0.29, 0.717) is 11.4 Å². The predicted molar refractivity (Wildman–Crippen MR) is 158 cm³/mol. The van der Waals surface area contributed by atoms with Crippen LogP contribution in [0.15, 0.2) is 77.7 Å². The van der Waals surface area contributed by atoms with E-state index in [9.17, 15) is 18.0 Å². The van der Waals surface area contributed by atoms with Crippen LogP contribution in [0, 0.1) is 13.8 Å². The average molecular weight is 566 g/mol. The van der Waals surface area contributed by atoms with E-state index >= 15 is 0 Å². The van der Waals surface area contributed by atoms with Gasteiger partial charge in [-0.2, -0.15) is 0 Å². The second-order valence-corrected chi connectivity index (χ2v) is 12.8. The minimum atomic E-state index is -4.15. The fourth-order valence-electron chi connectivity index (χ4n) is 4.18. The second-order valence-electron chi connectivity index (χ2n) is 10.9. The third-order valence-corrected chi connectivity index (χ3v) is 8.14. The molecule has 0 aromatic heterocycles. The Morgan fingerprint density at radius 2 is 1.55 bits per heavy atom. The van der Waals surface area contributed by atoms with Crippen LogP contribution in [0.2, 0.25) is 0 Å². The highest BCUT2D eigenvalue weighted by Crippen LogP contribution is 2.26. The molecule has 3 rings (SSSR count). The van der Waals surface area contributed by atoms with Crippen LogP contribution in [0.5, 0.6) is 5.75 Å². The summed E-state index contributed by atoms with van der Waals surface area (Å²) in [6, 6.07) is 19.8. The molecule has 0 aliphatic heterocycles. The molecular formula is C31H39N3O5S. The molecule has 40 heavy (non-hydrogen) atoms. The molecule has 9 heteroatoms. The summed E-state index contributed by atoms with van der Waals surface area (Å²) in [6.07, 6.45) is 0. The SMILES string of the molecule is COc1ccc(S(=O)(=O)N(CC(=O)N(Cc2cccc(C)c2)[C@@H](C)C(=O)NC(C)(C)C)c2ccc(C)cc2)cc1. The van der Waals surface area contributed by atoms with Crippen LogP contribution >= 0.6 is 0 Å². The van der Waals surface area contributed by atoms with Gasteiger partial charge in [-0.3, -0.25) is 13.9 Å². The minimum absolute atomic E-state index is 0.0189. The van der Waals surface area contributed by atoms with Crippen molar-refractivity contribution in [3.05, 3.63) is 89.5 Å². The Bertz CT molecular complexity index is 1430. The van der Waals surface area contributed by atoms with Crippen molar-refractivity contribution in [2.45, 2.75) is 64.6 Å². The number of sulfonamides is 1. The normalized spacial score (nSPS) is 12.4. The quantitative estimate of drug-likeness (QED) is 0.380. The maximum atomic E-state index is 14.0. The number of anilines is 1. The lowest BCUT2D eigenvalue weighted by Gasteiger charge is -2.33. The van der Waals surface area contributed by atoms with E-state index in [1.165, 1.54) is 24.1 Å². The van der Waals surface area contributed by atoms with Crippen molar-refractivity contribution in [3.63, 3.8) is 0 Å². The molecule has 0 aliphatic carbocycles. The molecule has 0 unspecified atom stereocenters. The van der Waals surface area contributed by atoms with E-state index in [4.69, 9.17) is 4.74 Å². The number of hydrogen-bond donors (Lipinski definition) is 1. The average Bonchev–Trinajstić information content (AvgIpc) is 2.89. The van der Waals surface area contributed by atoms with Crippen molar-refractivity contribution in [2.24, 2.45) is 0 Å². The number of nitrogens with zero attached hydrogens (tertiary/aromatic N) is 2. The standard InChI is InChI=1S/C31H39N3O5S/c1-22-11-13-26(14-12-22)34(40(37,38)28-17-15-27(39-7)16-18-28)21-29(35)33(20-25-10-8-9-23(2)19-25)24(3)30(36)32-31(4,5)6/h8-19,24H,20-21H2,1-7H3,(H,32,36)/t24-/m0/s1. The van der Waals surface area contributed by atoms with Gasteiger partial charge in [0.1, 0.15) is 18.3 Å². The van der Waals surface area contributed by atoms with Gasteiger partial charge in [0.25, 0.3) is 10.0 Å². The highest BCUT2D eigenvalue weighted by Gasteiger charge is 2.33. The highest BCUT2D eigenvalue weighted by molar-refractivity contribution is 7.92. The molecule has 0 aliphatic rings. The Hall–Kier alpha value is -3.85. The van der Waals surface area contributed by atoms with Crippen molar-refractivity contribution in [1.82, 2.24) is 10.2 Å². The molecular weight excluding hydrogens is 526 g/mol. The van der Waals surface area contributed by atoms with Gasteiger partial charge in [0.15, 0.2) is 0 Å². The third-order valence-electron chi connectivity index (χ3n) is 6.35. The van der Waals surface area contributed by atoms with Gasteiger partial charge >= 0.3 is 0 Å². The lowest BCUT2D eigenvalue weighted by Crippen LogP contribution is -2.54. The lowest BCUT2D eigenvalue weighted by atomic mass is 10.1. The molecule has 0 bridgehead atoms. The van der Waals surface area contributed by atoms with Crippen molar-refractivity contribution >= 4 is 27.5 Å². The smallest absolute Gasteiger partial charge is 0.264 e. The van der Waals surface area contributed by atoms with Gasteiger partial charge in [-0.25, -0.2) is 8.42 Å². The molecule has 1 N–H and O–H groups in total. The Morgan fingerprint density at radius 1 is 0.925 bits per heavy atom. The summed E-state index contributed by atoms with van der Waals surface area (Å²) in [4.78, 5) is 28.6. The van der Waals surface area contributed by atoms with Gasteiger partial charge in [0.2, 0.25) is 11.8 Å². The van der Waals surface area contributed by atoms with Crippen LogP contribution in [-0.2, 0) is 26.2 Å². The first-order chi connectivity index (χ1) is 18.7. The van der Waals surface area contributed by atoms with Gasteiger partial charge < -0.3 is 15.0 Å². The number of nitrogens with one attached hydrogen (secondary N) is 1. The van der Waals surface area contributed by atoms with E-state index in [-0.39, 0.29) is 17.3 Å². The van der Waals surface area contributed by atoms with Crippen LogP contribution in [0.25, 0.3) is 0 Å². The van der Waals surface area contributed by atoms with E-state index in [1.54, 1.807) is 43.3 Å². The van der Waals surface area contributed by atoms with Crippen molar-refractivity contribution < 1.29 is 22.7 Å². The Morgan fingerprint density at radius 3 is 2.10 bits per heavy atom. The van der Waals surface area contributed by atoms with Crippen LogP contribution in [-0.4, -0.2) is 50.4 Å². The number of ether oxygens (including phenoxy) is 1. The van der Waals surface area contributed by atoms with Crippen LogP contribution in [0.1, 0.15) is 44.4 Å². The number of benzene rings is 3. The molecule has 214 valence electrons. The summed E-state index contributed by atoms with van der Waals surface area (Å²) in [5.74, 6) is -0.316.